The lowest BCUT2D eigenvalue weighted by Crippen LogP contribution is -2.23. The van der Waals surface area contributed by atoms with E-state index in [4.69, 9.17) is 4.52 Å². The zero-order chi connectivity index (χ0) is 22.5. The molecule has 8 heteroatoms. The van der Waals surface area contributed by atoms with Gasteiger partial charge in [0.25, 0.3) is 0 Å². The van der Waals surface area contributed by atoms with Crippen molar-refractivity contribution in [3.05, 3.63) is 77.4 Å². The summed E-state index contributed by atoms with van der Waals surface area (Å²) in [5.74, 6) is 2.67. The molecular formula is C24H28N6OS. The smallest absolute Gasteiger partial charge is 0.237 e. The lowest BCUT2D eigenvalue weighted by Gasteiger charge is -2.23. The van der Waals surface area contributed by atoms with Crippen LogP contribution in [0.15, 0.2) is 64.3 Å². The number of hydrogen-bond acceptors (Lipinski definition) is 7. The Hall–Kier alpha value is -2.97. The van der Waals surface area contributed by atoms with Gasteiger partial charge >= 0.3 is 0 Å². The molecule has 0 radical (unpaired) electrons. The van der Waals surface area contributed by atoms with Crippen LogP contribution in [0.4, 0.5) is 0 Å². The highest BCUT2D eigenvalue weighted by atomic mass is 32.2. The molecular weight excluding hydrogens is 420 g/mol. The van der Waals surface area contributed by atoms with Crippen LogP contribution < -0.4 is 0 Å². The Labute approximate surface area is 192 Å². The molecule has 2 aromatic heterocycles. The zero-order valence-electron chi connectivity index (χ0n) is 18.9. The number of hydrogen-bond donors (Lipinski definition) is 0. The van der Waals surface area contributed by atoms with E-state index in [0.717, 1.165) is 23.0 Å². The largest absolute Gasteiger partial charge is 0.338 e. The van der Waals surface area contributed by atoms with Crippen molar-refractivity contribution < 1.29 is 4.52 Å². The van der Waals surface area contributed by atoms with Crippen LogP contribution >= 0.6 is 11.8 Å². The average Bonchev–Trinajstić information content (AvgIpc) is 3.42. The Morgan fingerprint density at radius 2 is 1.78 bits per heavy atom. The van der Waals surface area contributed by atoms with E-state index in [0.29, 0.717) is 24.0 Å². The molecule has 0 saturated carbocycles. The lowest BCUT2D eigenvalue weighted by atomic mass is 10.1. The monoisotopic (exact) mass is 448 g/mol. The van der Waals surface area contributed by atoms with Gasteiger partial charge in [0.2, 0.25) is 11.7 Å². The quantitative estimate of drug-likeness (QED) is 0.334. The van der Waals surface area contributed by atoms with Crippen LogP contribution in [0.5, 0.6) is 0 Å². The normalized spacial score (nSPS) is 12.4. The fourth-order valence-corrected chi connectivity index (χ4v) is 4.39. The van der Waals surface area contributed by atoms with E-state index in [-0.39, 0.29) is 6.04 Å². The maximum Gasteiger partial charge on any atom is 0.237 e. The van der Waals surface area contributed by atoms with Gasteiger partial charge in [-0.3, -0.25) is 4.90 Å². The van der Waals surface area contributed by atoms with E-state index in [1.54, 1.807) is 11.8 Å². The SMILES string of the molecule is CC[C@H](c1nnc(SCc2nc(-c3ccc(C)cc3)no2)n1Cc1ccccc1)N(C)C. The Kier molecular flexibility index (Phi) is 7.02. The molecule has 1 atom stereocenters. The summed E-state index contributed by atoms with van der Waals surface area (Å²) in [5, 5.41) is 14.1. The number of rotatable bonds is 9. The topological polar surface area (TPSA) is 72.9 Å². The van der Waals surface area contributed by atoms with Gasteiger partial charge < -0.3 is 9.09 Å². The molecule has 0 spiro atoms. The molecule has 7 nitrogen and oxygen atoms in total. The number of benzene rings is 2. The molecule has 2 heterocycles. The zero-order valence-corrected chi connectivity index (χ0v) is 19.7. The minimum Gasteiger partial charge on any atom is -0.338 e. The summed E-state index contributed by atoms with van der Waals surface area (Å²) in [6.07, 6.45) is 0.953. The van der Waals surface area contributed by atoms with Crippen molar-refractivity contribution in [2.24, 2.45) is 0 Å². The van der Waals surface area contributed by atoms with Crippen molar-refractivity contribution >= 4 is 11.8 Å². The molecule has 0 aliphatic rings. The number of thioether (sulfide) groups is 1. The van der Waals surface area contributed by atoms with Gasteiger partial charge in [-0.15, -0.1) is 10.2 Å². The highest BCUT2D eigenvalue weighted by molar-refractivity contribution is 7.98. The fourth-order valence-electron chi connectivity index (χ4n) is 3.61. The summed E-state index contributed by atoms with van der Waals surface area (Å²) in [6.45, 7) is 4.94. The third-order valence-corrected chi connectivity index (χ3v) is 6.29. The Balaban J connectivity index is 1.55. The third-order valence-electron chi connectivity index (χ3n) is 5.34. The number of aromatic nitrogens is 5. The van der Waals surface area contributed by atoms with Gasteiger partial charge in [-0.05, 0) is 33.0 Å². The number of nitrogens with zero attached hydrogens (tertiary/aromatic N) is 6. The predicted octanol–water partition coefficient (Wildman–Crippen LogP) is 4.99. The first-order valence-corrected chi connectivity index (χ1v) is 11.7. The summed E-state index contributed by atoms with van der Waals surface area (Å²) in [6, 6.07) is 18.7. The van der Waals surface area contributed by atoms with Gasteiger partial charge in [-0.1, -0.05) is 84.0 Å². The van der Waals surface area contributed by atoms with Crippen LogP contribution in [-0.4, -0.2) is 43.9 Å². The van der Waals surface area contributed by atoms with E-state index in [2.05, 4.69) is 82.0 Å². The minimum atomic E-state index is 0.192. The molecule has 166 valence electrons. The Bertz CT molecular complexity index is 1140. The molecule has 0 unspecified atom stereocenters. The molecule has 2 aromatic carbocycles. The Morgan fingerprint density at radius 1 is 1.03 bits per heavy atom. The van der Waals surface area contributed by atoms with Crippen LogP contribution in [0, 0.1) is 6.92 Å². The summed E-state index contributed by atoms with van der Waals surface area (Å²) in [7, 11) is 4.15. The van der Waals surface area contributed by atoms with E-state index in [1.807, 2.05) is 30.3 Å². The molecule has 0 N–H and O–H groups in total. The van der Waals surface area contributed by atoms with Gasteiger partial charge in [0.15, 0.2) is 11.0 Å². The third kappa shape index (κ3) is 5.08. The lowest BCUT2D eigenvalue weighted by molar-refractivity contribution is 0.272. The van der Waals surface area contributed by atoms with Crippen molar-refractivity contribution in [1.82, 2.24) is 29.8 Å². The van der Waals surface area contributed by atoms with Gasteiger partial charge in [-0.25, -0.2) is 0 Å². The molecule has 32 heavy (non-hydrogen) atoms. The van der Waals surface area contributed by atoms with Crippen LogP contribution in [0.25, 0.3) is 11.4 Å². The second-order valence-corrected chi connectivity index (χ2v) is 8.91. The maximum atomic E-state index is 5.50. The first kappa shape index (κ1) is 22.2. The summed E-state index contributed by atoms with van der Waals surface area (Å²) >= 11 is 1.57. The van der Waals surface area contributed by atoms with Gasteiger partial charge in [0, 0.05) is 5.56 Å². The molecule has 4 aromatic rings. The highest BCUT2D eigenvalue weighted by Crippen LogP contribution is 2.28. The van der Waals surface area contributed by atoms with Gasteiger partial charge in [-0.2, -0.15) is 4.98 Å². The van der Waals surface area contributed by atoms with E-state index < -0.39 is 0 Å². The average molecular weight is 449 g/mol. The first-order chi connectivity index (χ1) is 15.5. The molecule has 0 bridgehead atoms. The summed E-state index contributed by atoms with van der Waals surface area (Å²) in [5.41, 5.74) is 3.36. The van der Waals surface area contributed by atoms with Gasteiger partial charge in [0.1, 0.15) is 0 Å². The summed E-state index contributed by atoms with van der Waals surface area (Å²) in [4.78, 5) is 6.75. The second kappa shape index (κ2) is 10.1. The van der Waals surface area contributed by atoms with Crippen LogP contribution in [0.1, 0.15) is 42.2 Å². The molecule has 0 amide bonds. The van der Waals surface area contributed by atoms with E-state index in [1.165, 1.54) is 11.1 Å². The maximum absolute atomic E-state index is 5.50. The van der Waals surface area contributed by atoms with Crippen molar-refractivity contribution in [3.63, 3.8) is 0 Å². The fraction of sp³-hybridized carbons (Fsp3) is 0.333. The van der Waals surface area contributed by atoms with Crippen molar-refractivity contribution in [3.8, 4) is 11.4 Å². The molecule has 0 aliphatic heterocycles. The number of aryl methyl sites for hydroxylation is 1. The minimum absolute atomic E-state index is 0.192. The molecule has 0 saturated heterocycles. The molecule has 0 aliphatic carbocycles. The first-order valence-electron chi connectivity index (χ1n) is 10.7. The predicted molar refractivity (Wildman–Crippen MR) is 126 cm³/mol. The van der Waals surface area contributed by atoms with Crippen LogP contribution in [0.2, 0.25) is 0 Å². The molecule has 0 fully saturated rings. The molecule has 4 rings (SSSR count). The highest BCUT2D eigenvalue weighted by Gasteiger charge is 2.22. The van der Waals surface area contributed by atoms with Crippen LogP contribution in [0.3, 0.4) is 0 Å². The Morgan fingerprint density at radius 3 is 2.47 bits per heavy atom. The second-order valence-electron chi connectivity index (χ2n) is 7.97. The standard InChI is InChI=1S/C24H28N6OS/c1-5-20(29(3)4)23-26-27-24(30(23)15-18-9-7-6-8-10-18)32-16-21-25-22(28-31-21)19-13-11-17(2)12-14-19/h6-14,20H,5,15-16H2,1-4H3/t20-/m1/s1. The van der Waals surface area contributed by atoms with E-state index >= 15 is 0 Å². The summed E-state index contributed by atoms with van der Waals surface area (Å²) < 4.78 is 7.70. The van der Waals surface area contributed by atoms with E-state index in [9.17, 15) is 0 Å². The van der Waals surface area contributed by atoms with Gasteiger partial charge in [0.05, 0.1) is 18.3 Å². The van der Waals surface area contributed by atoms with Crippen LogP contribution in [-0.2, 0) is 12.3 Å². The van der Waals surface area contributed by atoms with Crippen molar-refractivity contribution in [1.29, 1.82) is 0 Å². The van der Waals surface area contributed by atoms with Crippen molar-refractivity contribution in [2.45, 2.75) is 43.8 Å². The van der Waals surface area contributed by atoms with Crippen molar-refractivity contribution in [2.75, 3.05) is 14.1 Å².